The molecule has 7 heteroatoms. The van der Waals surface area contributed by atoms with Crippen molar-refractivity contribution >= 4 is 11.8 Å². The van der Waals surface area contributed by atoms with Crippen LogP contribution in [0.5, 0.6) is 0 Å². The largest absolute Gasteiger partial charge is 0.379 e. The summed E-state index contributed by atoms with van der Waals surface area (Å²) >= 11 is 0. The number of anilines is 1. The molecule has 1 aliphatic rings. The number of rotatable bonds is 6. The number of carbonyl (C=O) groups excluding carboxylic acids is 1. The number of hydrogen-bond donors (Lipinski definition) is 2. The molecule has 1 aromatic heterocycles. The number of nitrogens with one attached hydrogen (secondary N) is 2. The highest BCUT2D eigenvalue weighted by molar-refractivity contribution is 5.88. The number of aromatic nitrogens is 1. The van der Waals surface area contributed by atoms with E-state index < -0.39 is 0 Å². The van der Waals surface area contributed by atoms with Gasteiger partial charge < -0.3 is 14.6 Å². The van der Waals surface area contributed by atoms with Crippen molar-refractivity contribution in [1.29, 1.82) is 0 Å². The molecule has 2 N–H and O–H groups in total. The first kappa shape index (κ1) is 16.5. The SMILES string of the molecule is O=C(NCCCN1CCOCC1)Nc1cc(-c2ccccc2)on1. The Balaban J connectivity index is 1.38. The molecular weight excluding hydrogens is 308 g/mol. The molecule has 7 nitrogen and oxygen atoms in total. The van der Waals surface area contributed by atoms with Crippen molar-refractivity contribution in [2.24, 2.45) is 0 Å². The third-order valence-corrected chi connectivity index (χ3v) is 3.85. The fraction of sp³-hybridized carbons (Fsp3) is 0.412. The Bertz CT molecular complexity index is 638. The van der Waals surface area contributed by atoms with E-state index in [0.29, 0.717) is 18.1 Å². The number of carbonyl (C=O) groups is 1. The van der Waals surface area contributed by atoms with Crippen LogP contribution < -0.4 is 10.6 Å². The minimum Gasteiger partial charge on any atom is -0.379 e. The van der Waals surface area contributed by atoms with Gasteiger partial charge in [-0.3, -0.25) is 10.2 Å². The highest BCUT2D eigenvalue weighted by atomic mass is 16.5. The fourth-order valence-electron chi connectivity index (χ4n) is 2.56. The molecule has 128 valence electrons. The van der Waals surface area contributed by atoms with E-state index in [1.54, 1.807) is 6.07 Å². The molecular formula is C17H22N4O3. The smallest absolute Gasteiger partial charge is 0.320 e. The molecule has 0 atom stereocenters. The topological polar surface area (TPSA) is 79.6 Å². The quantitative estimate of drug-likeness (QED) is 0.794. The molecule has 0 saturated carbocycles. The lowest BCUT2D eigenvalue weighted by atomic mass is 10.2. The summed E-state index contributed by atoms with van der Waals surface area (Å²) in [7, 11) is 0. The lowest BCUT2D eigenvalue weighted by Gasteiger charge is -2.26. The highest BCUT2D eigenvalue weighted by Gasteiger charge is 2.11. The van der Waals surface area contributed by atoms with E-state index in [-0.39, 0.29) is 6.03 Å². The summed E-state index contributed by atoms with van der Waals surface area (Å²) in [6, 6.07) is 11.1. The van der Waals surface area contributed by atoms with Crippen LogP contribution in [0.25, 0.3) is 11.3 Å². The Hall–Kier alpha value is -2.38. The van der Waals surface area contributed by atoms with E-state index in [9.17, 15) is 4.79 Å². The number of amides is 2. The number of urea groups is 1. The lowest BCUT2D eigenvalue weighted by molar-refractivity contribution is 0.0375. The minimum atomic E-state index is -0.273. The standard InChI is InChI=1S/C17H22N4O3/c22-17(18-7-4-8-21-9-11-23-12-10-21)19-16-13-15(24-20-16)14-5-2-1-3-6-14/h1-3,5-6,13H,4,7-12H2,(H2,18,19,20,22). The molecule has 1 fully saturated rings. The van der Waals surface area contributed by atoms with Crippen LogP contribution in [0.2, 0.25) is 0 Å². The summed E-state index contributed by atoms with van der Waals surface area (Å²) in [5.74, 6) is 1.03. The summed E-state index contributed by atoms with van der Waals surface area (Å²) in [5, 5.41) is 9.38. The minimum absolute atomic E-state index is 0.273. The second-order valence-corrected chi connectivity index (χ2v) is 5.63. The van der Waals surface area contributed by atoms with E-state index in [1.807, 2.05) is 30.3 Å². The molecule has 0 aliphatic carbocycles. The van der Waals surface area contributed by atoms with Crippen molar-refractivity contribution in [2.75, 3.05) is 44.7 Å². The van der Waals surface area contributed by atoms with Crippen LogP contribution in [0.15, 0.2) is 40.9 Å². The van der Waals surface area contributed by atoms with E-state index in [2.05, 4.69) is 20.7 Å². The number of hydrogen-bond acceptors (Lipinski definition) is 5. The Labute approximate surface area is 141 Å². The second-order valence-electron chi connectivity index (χ2n) is 5.63. The molecule has 24 heavy (non-hydrogen) atoms. The van der Waals surface area contributed by atoms with Gasteiger partial charge >= 0.3 is 6.03 Å². The lowest BCUT2D eigenvalue weighted by Crippen LogP contribution is -2.38. The van der Waals surface area contributed by atoms with Gasteiger partial charge in [0.05, 0.1) is 13.2 Å². The van der Waals surface area contributed by atoms with Crippen LogP contribution in [-0.4, -0.2) is 55.5 Å². The Morgan fingerprint density at radius 3 is 2.79 bits per heavy atom. The molecule has 0 bridgehead atoms. The van der Waals surface area contributed by atoms with Gasteiger partial charge in [-0.05, 0) is 13.0 Å². The first-order chi connectivity index (χ1) is 11.8. The van der Waals surface area contributed by atoms with Crippen molar-refractivity contribution in [3.8, 4) is 11.3 Å². The van der Waals surface area contributed by atoms with Crippen molar-refractivity contribution in [1.82, 2.24) is 15.4 Å². The first-order valence-electron chi connectivity index (χ1n) is 8.18. The molecule has 1 aromatic carbocycles. The summed E-state index contributed by atoms with van der Waals surface area (Å²) < 4.78 is 10.6. The number of benzene rings is 1. The van der Waals surface area contributed by atoms with Crippen molar-refractivity contribution < 1.29 is 14.1 Å². The molecule has 2 aromatic rings. The molecule has 1 saturated heterocycles. The molecule has 2 amide bonds. The van der Waals surface area contributed by atoms with E-state index in [0.717, 1.165) is 44.8 Å². The van der Waals surface area contributed by atoms with E-state index >= 15 is 0 Å². The van der Waals surface area contributed by atoms with Gasteiger partial charge in [0, 0.05) is 31.3 Å². The number of ether oxygens (including phenoxy) is 1. The van der Waals surface area contributed by atoms with Gasteiger partial charge in [0.1, 0.15) is 0 Å². The predicted molar refractivity (Wildman–Crippen MR) is 90.8 cm³/mol. The monoisotopic (exact) mass is 330 g/mol. The molecule has 0 radical (unpaired) electrons. The van der Waals surface area contributed by atoms with E-state index in [4.69, 9.17) is 9.26 Å². The van der Waals surface area contributed by atoms with Crippen LogP contribution in [0.1, 0.15) is 6.42 Å². The summed E-state index contributed by atoms with van der Waals surface area (Å²) in [6.45, 7) is 5.10. The molecule has 2 heterocycles. The summed E-state index contributed by atoms with van der Waals surface area (Å²) in [6.07, 6.45) is 0.904. The average Bonchev–Trinajstić information content (AvgIpc) is 3.09. The summed E-state index contributed by atoms with van der Waals surface area (Å²) in [4.78, 5) is 14.2. The van der Waals surface area contributed by atoms with Gasteiger partial charge in [-0.25, -0.2) is 4.79 Å². The Kier molecular flexibility index (Phi) is 5.81. The zero-order valence-electron chi connectivity index (χ0n) is 13.5. The van der Waals surface area contributed by atoms with E-state index in [1.165, 1.54) is 0 Å². The predicted octanol–water partition coefficient (Wildman–Crippen LogP) is 2.19. The van der Waals surface area contributed by atoms with Gasteiger partial charge in [-0.2, -0.15) is 0 Å². The van der Waals surface area contributed by atoms with Crippen LogP contribution in [0.4, 0.5) is 10.6 Å². The van der Waals surface area contributed by atoms with Gasteiger partial charge in [-0.1, -0.05) is 35.5 Å². The number of nitrogens with zero attached hydrogens (tertiary/aromatic N) is 2. The van der Waals surface area contributed by atoms with Crippen molar-refractivity contribution in [3.05, 3.63) is 36.4 Å². The maximum atomic E-state index is 11.9. The van der Waals surface area contributed by atoms with Gasteiger partial charge in [0.15, 0.2) is 11.6 Å². The highest BCUT2D eigenvalue weighted by Crippen LogP contribution is 2.21. The second kappa shape index (κ2) is 8.47. The number of morpholine rings is 1. The zero-order chi connectivity index (χ0) is 16.6. The normalized spacial score (nSPS) is 15.2. The Morgan fingerprint density at radius 2 is 2.00 bits per heavy atom. The van der Waals surface area contributed by atoms with Crippen LogP contribution in [-0.2, 0) is 4.74 Å². The zero-order valence-corrected chi connectivity index (χ0v) is 13.5. The fourth-order valence-corrected chi connectivity index (χ4v) is 2.56. The van der Waals surface area contributed by atoms with Crippen LogP contribution >= 0.6 is 0 Å². The van der Waals surface area contributed by atoms with Crippen LogP contribution in [0.3, 0.4) is 0 Å². The Morgan fingerprint density at radius 1 is 1.21 bits per heavy atom. The van der Waals surface area contributed by atoms with Gasteiger partial charge in [-0.15, -0.1) is 0 Å². The van der Waals surface area contributed by atoms with Crippen molar-refractivity contribution in [3.63, 3.8) is 0 Å². The van der Waals surface area contributed by atoms with Gasteiger partial charge in [0.2, 0.25) is 0 Å². The van der Waals surface area contributed by atoms with Crippen molar-refractivity contribution in [2.45, 2.75) is 6.42 Å². The maximum Gasteiger partial charge on any atom is 0.320 e. The first-order valence-corrected chi connectivity index (χ1v) is 8.18. The summed E-state index contributed by atoms with van der Waals surface area (Å²) in [5.41, 5.74) is 0.920. The van der Waals surface area contributed by atoms with Gasteiger partial charge in [0.25, 0.3) is 0 Å². The molecule has 3 rings (SSSR count). The third kappa shape index (κ3) is 4.81. The average molecular weight is 330 g/mol. The third-order valence-electron chi connectivity index (χ3n) is 3.85. The molecule has 0 unspecified atom stereocenters. The molecule has 1 aliphatic heterocycles. The maximum absolute atomic E-state index is 11.9. The molecule has 0 spiro atoms. The van der Waals surface area contributed by atoms with Crippen LogP contribution in [0, 0.1) is 0 Å².